The van der Waals surface area contributed by atoms with Gasteiger partial charge >= 0.3 is 6.09 Å². The summed E-state index contributed by atoms with van der Waals surface area (Å²) >= 11 is 1.54. The second kappa shape index (κ2) is 7.37. The number of nitrogens with zero attached hydrogens (tertiary/aromatic N) is 5. The highest BCUT2D eigenvalue weighted by atomic mass is 32.2. The number of rotatable bonds is 5. The van der Waals surface area contributed by atoms with Gasteiger partial charge in [0.25, 0.3) is 0 Å². The Bertz CT molecular complexity index is 625. The average molecular weight is 363 g/mol. The summed E-state index contributed by atoms with van der Waals surface area (Å²) in [6.45, 7) is 5.50. The minimum atomic E-state index is -0.154. The van der Waals surface area contributed by atoms with E-state index in [4.69, 9.17) is 4.74 Å². The van der Waals surface area contributed by atoms with Gasteiger partial charge in [0.2, 0.25) is 0 Å². The van der Waals surface area contributed by atoms with Crippen molar-refractivity contribution >= 4 is 23.7 Å². The number of piperidine rings is 1. The zero-order chi connectivity index (χ0) is 17.2. The highest BCUT2D eigenvalue weighted by Crippen LogP contribution is 2.30. The normalized spacial score (nSPS) is 26.8. The number of aromatic nitrogens is 2. The second-order valence-electron chi connectivity index (χ2n) is 6.89. The van der Waals surface area contributed by atoms with Crippen molar-refractivity contribution in [2.24, 2.45) is 0 Å². The number of carbonyl (C=O) groups is 1. The Labute approximate surface area is 152 Å². The maximum atomic E-state index is 12.2. The number of thioether (sulfide) groups is 1. The average Bonchev–Trinajstić information content (AvgIpc) is 3.18. The molecule has 3 fully saturated rings. The van der Waals surface area contributed by atoms with Crippen LogP contribution in [0.25, 0.3) is 0 Å². The predicted octanol–water partition coefficient (Wildman–Crippen LogP) is 1.69. The van der Waals surface area contributed by atoms with E-state index in [1.807, 2.05) is 17.2 Å². The van der Waals surface area contributed by atoms with Gasteiger partial charge in [0.15, 0.2) is 5.16 Å². The number of fused-ring (bicyclic) bond motifs is 1. The van der Waals surface area contributed by atoms with Crippen LogP contribution in [0.4, 0.5) is 10.6 Å². The minimum Gasteiger partial charge on any atom is -0.442 e. The first-order chi connectivity index (χ1) is 12.2. The number of hydrogen-bond donors (Lipinski definition) is 0. The molecule has 8 heteroatoms. The summed E-state index contributed by atoms with van der Waals surface area (Å²) in [7, 11) is 0. The lowest BCUT2D eigenvalue weighted by molar-refractivity contribution is 0.132. The molecule has 0 radical (unpaired) electrons. The number of ether oxygens (including phenoxy) is 1. The van der Waals surface area contributed by atoms with Crippen LogP contribution in [-0.4, -0.2) is 83.5 Å². The lowest BCUT2D eigenvalue weighted by Gasteiger charge is -2.29. The van der Waals surface area contributed by atoms with E-state index < -0.39 is 0 Å². The molecule has 1 aromatic rings. The monoisotopic (exact) mass is 363 g/mol. The summed E-state index contributed by atoms with van der Waals surface area (Å²) in [4.78, 5) is 27.6. The molecule has 3 saturated heterocycles. The molecule has 4 heterocycles. The van der Waals surface area contributed by atoms with Crippen LogP contribution in [-0.2, 0) is 4.74 Å². The molecule has 7 nitrogen and oxygen atoms in total. The number of hydrogen-bond acceptors (Lipinski definition) is 7. The Kier molecular flexibility index (Phi) is 4.98. The number of likely N-dealkylation sites (tertiary alicyclic amines) is 1. The van der Waals surface area contributed by atoms with Crippen molar-refractivity contribution in [1.82, 2.24) is 19.8 Å². The van der Waals surface area contributed by atoms with Gasteiger partial charge in [0, 0.05) is 25.8 Å². The first kappa shape index (κ1) is 16.9. The largest absolute Gasteiger partial charge is 0.442 e. The Hall–Kier alpha value is -1.54. The SMILES string of the molecule is CSc1nccc(N2C[C@@H]3OC(=O)N(CCN4CCCCC4)[C@@H]3C2)n1. The molecule has 2 atom stereocenters. The summed E-state index contributed by atoms with van der Waals surface area (Å²) in [6, 6.07) is 2.06. The van der Waals surface area contributed by atoms with Crippen molar-refractivity contribution in [3.8, 4) is 0 Å². The van der Waals surface area contributed by atoms with Gasteiger partial charge in [-0.05, 0) is 38.3 Å². The van der Waals surface area contributed by atoms with Crippen molar-refractivity contribution < 1.29 is 9.53 Å². The third-order valence-electron chi connectivity index (χ3n) is 5.36. The Morgan fingerprint density at radius 1 is 1.24 bits per heavy atom. The molecule has 3 aliphatic heterocycles. The third kappa shape index (κ3) is 3.55. The van der Waals surface area contributed by atoms with Crippen molar-refractivity contribution in [3.05, 3.63) is 12.3 Å². The maximum Gasteiger partial charge on any atom is 0.410 e. The Morgan fingerprint density at radius 3 is 2.88 bits per heavy atom. The van der Waals surface area contributed by atoms with Crippen LogP contribution in [0, 0.1) is 0 Å². The predicted molar refractivity (Wildman–Crippen MR) is 97.1 cm³/mol. The summed E-state index contributed by atoms with van der Waals surface area (Å²) in [5, 5.41) is 0.772. The smallest absolute Gasteiger partial charge is 0.410 e. The molecule has 0 aromatic carbocycles. The van der Waals surface area contributed by atoms with E-state index in [0.29, 0.717) is 6.54 Å². The van der Waals surface area contributed by atoms with E-state index in [2.05, 4.69) is 19.8 Å². The van der Waals surface area contributed by atoms with Crippen molar-refractivity contribution in [1.29, 1.82) is 0 Å². The third-order valence-corrected chi connectivity index (χ3v) is 5.92. The fourth-order valence-electron chi connectivity index (χ4n) is 3.99. The highest BCUT2D eigenvalue weighted by molar-refractivity contribution is 7.98. The Morgan fingerprint density at radius 2 is 2.08 bits per heavy atom. The number of anilines is 1. The quantitative estimate of drug-likeness (QED) is 0.583. The standard InChI is InChI=1S/C17H25N5O2S/c1-25-16-18-6-5-15(19-16)21-11-13-14(12-21)24-17(23)22(13)10-9-20-7-3-2-4-8-20/h5-6,13-14H,2-4,7-12H2,1H3/t13-,14+/m1/s1. The second-order valence-corrected chi connectivity index (χ2v) is 7.67. The molecule has 3 aliphatic rings. The van der Waals surface area contributed by atoms with Gasteiger partial charge < -0.3 is 14.5 Å². The molecule has 0 bridgehead atoms. The molecule has 0 aliphatic carbocycles. The fourth-order valence-corrected chi connectivity index (χ4v) is 4.34. The van der Waals surface area contributed by atoms with Gasteiger partial charge in [-0.25, -0.2) is 14.8 Å². The van der Waals surface area contributed by atoms with Crippen molar-refractivity contribution in [2.45, 2.75) is 36.6 Å². The van der Waals surface area contributed by atoms with Gasteiger partial charge in [0.05, 0.1) is 12.6 Å². The number of carbonyl (C=O) groups excluding carboxylic acids is 1. The zero-order valence-corrected chi connectivity index (χ0v) is 15.5. The van der Waals surface area contributed by atoms with E-state index in [1.54, 1.807) is 6.20 Å². The van der Waals surface area contributed by atoms with Gasteiger partial charge in [-0.15, -0.1) is 0 Å². The van der Waals surface area contributed by atoms with Gasteiger partial charge in [-0.2, -0.15) is 0 Å². The molecule has 25 heavy (non-hydrogen) atoms. The van der Waals surface area contributed by atoms with Crippen LogP contribution < -0.4 is 4.90 Å². The minimum absolute atomic E-state index is 0.0541. The lowest BCUT2D eigenvalue weighted by atomic mass is 10.1. The molecule has 0 unspecified atom stereocenters. The van der Waals surface area contributed by atoms with Crippen LogP contribution in [0.5, 0.6) is 0 Å². The van der Waals surface area contributed by atoms with Crippen molar-refractivity contribution in [3.63, 3.8) is 0 Å². The fraction of sp³-hybridized carbons (Fsp3) is 0.706. The zero-order valence-electron chi connectivity index (χ0n) is 14.6. The summed E-state index contributed by atoms with van der Waals surface area (Å²) < 4.78 is 5.62. The molecule has 0 saturated carbocycles. The topological polar surface area (TPSA) is 61.8 Å². The van der Waals surface area contributed by atoms with E-state index in [0.717, 1.165) is 43.7 Å². The van der Waals surface area contributed by atoms with Gasteiger partial charge in [-0.3, -0.25) is 4.90 Å². The van der Waals surface area contributed by atoms with Crippen LogP contribution in [0.3, 0.4) is 0 Å². The molecule has 1 aromatic heterocycles. The molecule has 4 rings (SSSR count). The summed E-state index contributed by atoms with van der Waals surface area (Å²) in [5.74, 6) is 0.917. The molecular formula is C17H25N5O2S. The molecular weight excluding hydrogens is 338 g/mol. The van der Waals surface area contributed by atoms with E-state index in [9.17, 15) is 4.79 Å². The van der Waals surface area contributed by atoms with Crippen LogP contribution in [0.2, 0.25) is 0 Å². The number of amides is 1. The highest BCUT2D eigenvalue weighted by Gasteiger charge is 2.47. The Balaban J connectivity index is 1.39. The first-order valence-electron chi connectivity index (χ1n) is 9.06. The summed E-state index contributed by atoms with van der Waals surface area (Å²) in [5.41, 5.74) is 0. The lowest BCUT2D eigenvalue weighted by Crippen LogP contribution is -2.43. The molecule has 1 amide bonds. The first-order valence-corrected chi connectivity index (χ1v) is 10.3. The van der Waals surface area contributed by atoms with E-state index >= 15 is 0 Å². The van der Waals surface area contributed by atoms with Gasteiger partial charge in [0.1, 0.15) is 11.9 Å². The van der Waals surface area contributed by atoms with Gasteiger partial charge in [-0.1, -0.05) is 18.2 Å². The van der Waals surface area contributed by atoms with Crippen LogP contribution in [0.15, 0.2) is 17.4 Å². The van der Waals surface area contributed by atoms with Crippen LogP contribution in [0.1, 0.15) is 19.3 Å². The van der Waals surface area contributed by atoms with Crippen molar-refractivity contribution in [2.75, 3.05) is 50.4 Å². The van der Waals surface area contributed by atoms with Crippen LogP contribution >= 0.6 is 11.8 Å². The summed E-state index contributed by atoms with van der Waals surface area (Å²) in [6.07, 6.45) is 7.44. The molecule has 0 N–H and O–H groups in total. The van der Waals surface area contributed by atoms with E-state index in [1.165, 1.54) is 31.0 Å². The maximum absolute atomic E-state index is 12.2. The molecule has 0 spiro atoms. The van der Waals surface area contributed by atoms with E-state index in [-0.39, 0.29) is 18.2 Å². The molecule has 136 valence electrons.